The Labute approximate surface area is 159 Å². The number of carbonyl (C=O) groups excluding carboxylic acids is 1. The molecule has 0 radical (unpaired) electrons. The first-order valence-corrected chi connectivity index (χ1v) is 8.60. The van der Waals surface area contributed by atoms with Crippen molar-refractivity contribution in [1.29, 1.82) is 0 Å². The van der Waals surface area contributed by atoms with Gasteiger partial charge in [-0.15, -0.1) is 0 Å². The number of carbonyl (C=O) groups is 1. The molecule has 0 aliphatic carbocycles. The van der Waals surface area contributed by atoms with Crippen molar-refractivity contribution in [3.8, 4) is 0 Å². The number of aryl methyl sites for hydroxylation is 1. The summed E-state index contributed by atoms with van der Waals surface area (Å²) in [6, 6.07) is 9.93. The van der Waals surface area contributed by atoms with Gasteiger partial charge in [-0.1, -0.05) is 17.7 Å². The minimum Gasteiger partial charge on any atom is -0.324 e. The lowest BCUT2D eigenvalue weighted by Gasteiger charge is -2.17. The first kappa shape index (κ1) is 19.4. The fourth-order valence-electron chi connectivity index (χ4n) is 2.30. The summed E-state index contributed by atoms with van der Waals surface area (Å²) in [5.41, 5.74) is 2.35. The molecule has 1 N–H and O–H groups in total. The second-order valence-corrected chi connectivity index (χ2v) is 7.00. The van der Waals surface area contributed by atoms with Gasteiger partial charge in [0.15, 0.2) is 0 Å². The Balaban J connectivity index is 2.00. The first-order chi connectivity index (χ1) is 11.8. The second-order valence-electron chi connectivity index (χ2n) is 5.74. The Morgan fingerprint density at radius 2 is 2.04 bits per heavy atom. The van der Waals surface area contributed by atoms with E-state index in [4.69, 9.17) is 11.6 Å². The van der Waals surface area contributed by atoms with Gasteiger partial charge in [0.05, 0.1) is 17.2 Å². The van der Waals surface area contributed by atoms with Crippen LogP contribution in [0.1, 0.15) is 11.1 Å². The van der Waals surface area contributed by atoms with Crippen LogP contribution in [0, 0.1) is 17.0 Å². The Morgan fingerprint density at radius 1 is 1.32 bits per heavy atom. The zero-order chi connectivity index (χ0) is 18.6. The molecule has 25 heavy (non-hydrogen) atoms. The van der Waals surface area contributed by atoms with Gasteiger partial charge in [-0.2, -0.15) is 0 Å². The van der Waals surface area contributed by atoms with E-state index in [1.807, 2.05) is 25.1 Å². The summed E-state index contributed by atoms with van der Waals surface area (Å²) in [4.78, 5) is 24.3. The van der Waals surface area contributed by atoms with Crippen LogP contribution in [0.2, 0.25) is 5.02 Å². The fraction of sp³-hybridized carbons (Fsp3) is 0.235. The van der Waals surface area contributed by atoms with Crippen molar-refractivity contribution in [2.24, 2.45) is 0 Å². The van der Waals surface area contributed by atoms with Crippen LogP contribution in [-0.4, -0.2) is 29.3 Å². The molecule has 2 aromatic rings. The summed E-state index contributed by atoms with van der Waals surface area (Å²) in [5, 5.41) is 14.1. The highest BCUT2D eigenvalue weighted by Gasteiger charge is 2.14. The number of hydrogen-bond acceptors (Lipinski definition) is 4. The first-order valence-electron chi connectivity index (χ1n) is 7.43. The number of amides is 1. The van der Waals surface area contributed by atoms with Crippen LogP contribution in [0.5, 0.6) is 0 Å². The minimum atomic E-state index is -0.471. The van der Waals surface area contributed by atoms with Crippen LogP contribution in [0.4, 0.5) is 11.4 Å². The number of hydrogen-bond donors (Lipinski definition) is 1. The number of halogens is 2. The lowest BCUT2D eigenvalue weighted by Crippen LogP contribution is -2.30. The number of anilines is 1. The molecular weight excluding hydrogens is 410 g/mol. The van der Waals surface area contributed by atoms with Crippen LogP contribution in [0.25, 0.3) is 0 Å². The lowest BCUT2D eigenvalue weighted by molar-refractivity contribution is -0.384. The van der Waals surface area contributed by atoms with Gasteiger partial charge in [-0.3, -0.25) is 19.8 Å². The Morgan fingerprint density at radius 3 is 2.68 bits per heavy atom. The molecule has 132 valence electrons. The summed E-state index contributed by atoms with van der Waals surface area (Å²) in [6.07, 6.45) is 0. The number of nitro benzene ring substituents is 1. The summed E-state index contributed by atoms with van der Waals surface area (Å²) < 4.78 is 0.810. The van der Waals surface area contributed by atoms with Crippen molar-refractivity contribution in [3.63, 3.8) is 0 Å². The SMILES string of the molecule is Cc1ccc(NC(=O)CN(C)Cc2cc([N+](=O)[O-])ccc2Cl)c(Br)c1. The van der Waals surface area contributed by atoms with E-state index in [1.165, 1.54) is 18.2 Å². The van der Waals surface area contributed by atoms with Gasteiger partial charge in [0.1, 0.15) is 0 Å². The van der Waals surface area contributed by atoms with Gasteiger partial charge < -0.3 is 5.32 Å². The van der Waals surface area contributed by atoms with Crippen molar-refractivity contribution >= 4 is 44.8 Å². The fourth-order valence-corrected chi connectivity index (χ4v) is 3.07. The van der Waals surface area contributed by atoms with Crippen LogP contribution in [0.15, 0.2) is 40.9 Å². The van der Waals surface area contributed by atoms with Crippen molar-refractivity contribution in [1.82, 2.24) is 4.90 Å². The molecule has 2 aromatic carbocycles. The second kappa shape index (κ2) is 8.42. The molecule has 0 atom stereocenters. The van der Waals surface area contributed by atoms with Crippen LogP contribution in [-0.2, 0) is 11.3 Å². The van der Waals surface area contributed by atoms with Gasteiger partial charge in [0, 0.05) is 28.2 Å². The third-order valence-corrected chi connectivity index (χ3v) is 4.52. The summed E-state index contributed by atoms with van der Waals surface area (Å²) in [6.45, 7) is 2.41. The quantitative estimate of drug-likeness (QED) is 0.549. The van der Waals surface area contributed by atoms with E-state index in [0.717, 1.165) is 10.0 Å². The van der Waals surface area contributed by atoms with Gasteiger partial charge >= 0.3 is 0 Å². The number of nitro groups is 1. The Hall–Kier alpha value is -1.96. The van der Waals surface area contributed by atoms with Crippen LogP contribution >= 0.6 is 27.5 Å². The Bertz CT molecular complexity index is 814. The molecule has 0 bridgehead atoms. The normalized spacial score (nSPS) is 10.8. The van der Waals surface area contributed by atoms with Crippen LogP contribution < -0.4 is 5.32 Å². The number of benzene rings is 2. The van der Waals surface area contributed by atoms with Gasteiger partial charge in [-0.05, 0) is 59.2 Å². The molecule has 0 unspecified atom stereocenters. The molecule has 0 saturated heterocycles. The topological polar surface area (TPSA) is 75.5 Å². The molecule has 0 aliphatic heterocycles. The molecule has 0 aliphatic rings. The maximum atomic E-state index is 12.2. The van der Waals surface area contributed by atoms with E-state index in [-0.39, 0.29) is 18.1 Å². The average Bonchev–Trinajstić information content (AvgIpc) is 2.52. The minimum absolute atomic E-state index is 0.0270. The smallest absolute Gasteiger partial charge is 0.269 e. The molecule has 0 heterocycles. The van der Waals surface area contributed by atoms with E-state index < -0.39 is 4.92 Å². The summed E-state index contributed by atoms with van der Waals surface area (Å²) in [5.74, 6) is -0.186. The van der Waals surface area contributed by atoms with E-state index in [9.17, 15) is 14.9 Å². The van der Waals surface area contributed by atoms with Crippen molar-refractivity contribution in [2.45, 2.75) is 13.5 Å². The van der Waals surface area contributed by atoms with Crippen molar-refractivity contribution in [2.75, 3.05) is 18.9 Å². The number of nitrogens with one attached hydrogen (secondary N) is 1. The third-order valence-electron chi connectivity index (χ3n) is 3.49. The third kappa shape index (κ3) is 5.52. The summed E-state index contributed by atoms with van der Waals surface area (Å²) >= 11 is 9.51. The zero-order valence-corrected chi connectivity index (χ0v) is 16.1. The van der Waals surface area contributed by atoms with E-state index >= 15 is 0 Å². The molecule has 2 rings (SSSR count). The van der Waals surface area contributed by atoms with Crippen molar-refractivity contribution in [3.05, 3.63) is 67.1 Å². The maximum absolute atomic E-state index is 12.2. The molecule has 0 saturated carbocycles. The highest BCUT2D eigenvalue weighted by molar-refractivity contribution is 9.10. The molecule has 8 heteroatoms. The summed E-state index contributed by atoms with van der Waals surface area (Å²) in [7, 11) is 1.75. The molecule has 1 amide bonds. The molecular formula is C17H17BrClN3O3. The predicted molar refractivity (Wildman–Crippen MR) is 102 cm³/mol. The van der Waals surface area contributed by atoms with Gasteiger partial charge in [0.25, 0.3) is 5.69 Å². The van der Waals surface area contributed by atoms with E-state index in [2.05, 4.69) is 21.2 Å². The monoisotopic (exact) mass is 425 g/mol. The van der Waals surface area contributed by atoms with Gasteiger partial charge in [-0.25, -0.2) is 0 Å². The predicted octanol–water partition coefficient (Wildman–Crippen LogP) is 4.39. The van der Waals surface area contributed by atoms with E-state index in [0.29, 0.717) is 22.8 Å². The van der Waals surface area contributed by atoms with Crippen molar-refractivity contribution < 1.29 is 9.72 Å². The highest BCUT2D eigenvalue weighted by atomic mass is 79.9. The number of nitrogens with zero attached hydrogens (tertiary/aromatic N) is 2. The maximum Gasteiger partial charge on any atom is 0.269 e. The molecule has 0 spiro atoms. The highest BCUT2D eigenvalue weighted by Crippen LogP contribution is 2.24. The zero-order valence-electron chi connectivity index (χ0n) is 13.8. The molecule has 0 aromatic heterocycles. The van der Waals surface area contributed by atoms with Gasteiger partial charge in [0.2, 0.25) is 5.91 Å². The standard InChI is InChI=1S/C17H17BrClN3O3/c1-11-3-6-16(14(18)7-11)20-17(23)10-21(2)9-12-8-13(22(24)25)4-5-15(12)19/h3-8H,9-10H2,1-2H3,(H,20,23). The molecule has 6 nitrogen and oxygen atoms in total. The molecule has 0 fully saturated rings. The van der Waals surface area contributed by atoms with E-state index in [1.54, 1.807) is 11.9 Å². The average molecular weight is 427 g/mol. The number of non-ortho nitro benzene ring substituents is 1. The van der Waals surface area contributed by atoms with Crippen LogP contribution in [0.3, 0.4) is 0 Å². The Kier molecular flexibility index (Phi) is 6.52. The number of rotatable bonds is 6. The lowest BCUT2D eigenvalue weighted by atomic mass is 10.2. The number of likely N-dealkylation sites (N-methyl/N-ethyl adjacent to an activating group) is 1. The largest absolute Gasteiger partial charge is 0.324 e.